The lowest BCUT2D eigenvalue weighted by Crippen LogP contribution is -2.47. The molecule has 0 heterocycles. The first-order valence-electron chi connectivity index (χ1n) is 8.80. The van der Waals surface area contributed by atoms with E-state index < -0.39 is 0 Å². The molecule has 0 radical (unpaired) electrons. The van der Waals surface area contributed by atoms with E-state index >= 15 is 0 Å². The maximum absolute atomic E-state index is 12.4. The minimum absolute atomic E-state index is 0.0247. The summed E-state index contributed by atoms with van der Waals surface area (Å²) in [5, 5.41) is 0. The number of aryl methyl sites for hydroxylation is 1. The molecule has 2 aliphatic carbocycles. The van der Waals surface area contributed by atoms with Crippen LogP contribution in [0.15, 0.2) is 18.2 Å². The Bertz CT molecular complexity index is 595. The smallest absolute Gasteiger partial charge is 0.311 e. The Kier molecular flexibility index (Phi) is 4.39. The molecule has 1 aromatic carbocycles. The Balaban J connectivity index is 1.94. The van der Waals surface area contributed by atoms with Crippen molar-refractivity contribution in [2.24, 2.45) is 17.3 Å². The zero-order chi connectivity index (χ0) is 16.6. The fraction of sp³-hybridized carbons (Fsp3) is 0.650. The number of esters is 1. The highest BCUT2D eigenvalue weighted by Crippen LogP contribution is 2.56. The first-order chi connectivity index (χ1) is 11.0. The third kappa shape index (κ3) is 2.54. The van der Waals surface area contributed by atoms with E-state index in [9.17, 15) is 4.79 Å². The number of hydrogen-bond acceptors (Lipinski definition) is 3. The van der Waals surface area contributed by atoms with Gasteiger partial charge in [0.25, 0.3) is 0 Å². The number of hydrogen-bond donors (Lipinski definition) is 0. The van der Waals surface area contributed by atoms with E-state index in [4.69, 9.17) is 9.47 Å². The first-order valence-corrected chi connectivity index (χ1v) is 8.80. The van der Waals surface area contributed by atoms with Crippen LogP contribution in [-0.4, -0.2) is 20.2 Å². The summed E-state index contributed by atoms with van der Waals surface area (Å²) in [7, 11) is 3.25. The minimum atomic E-state index is -0.325. The minimum Gasteiger partial charge on any atom is -0.497 e. The van der Waals surface area contributed by atoms with E-state index in [0.29, 0.717) is 17.8 Å². The molecular formula is C20H28O3. The summed E-state index contributed by atoms with van der Waals surface area (Å²) in [6.07, 6.45) is 5.28. The van der Waals surface area contributed by atoms with Crippen molar-refractivity contribution in [3.63, 3.8) is 0 Å². The summed E-state index contributed by atoms with van der Waals surface area (Å²) < 4.78 is 10.5. The van der Waals surface area contributed by atoms with Crippen molar-refractivity contribution in [2.75, 3.05) is 14.2 Å². The molecule has 4 atom stereocenters. The SMILES string of the molecule is CC[C@H]1[C@@H]2CCc3cc(OC)ccc3[C@H]2CC[C@]1(C)C(=O)OC. The summed E-state index contributed by atoms with van der Waals surface area (Å²) in [4.78, 5) is 12.4. The topological polar surface area (TPSA) is 35.5 Å². The third-order valence-corrected chi connectivity index (χ3v) is 6.41. The van der Waals surface area contributed by atoms with Crippen LogP contribution in [0.1, 0.15) is 56.6 Å². The van der Waals surface area contributed by atoms with E-state index in [0.717, 1.165) is 37.9 Å². The summed E-state index contributed by atoms with van der Waals surface area (Å²) in [6, 6.07) is 6.52. The van der Waals surface area contributed by atoms with E-state index in [1.807, 2.05) is 0 Å². The third-order valence-electron chi connectivity index (χ3n) is 6.41. The first kappa shape index (κ1) is 16.4. The molecule has 3 heteroatoms. The van der Waals surface area contributed by atoms with Crippen LogP contribution in [0.2, 0.25) is 0 Å². The van der Waals surface area contributed by atoms with Gasteiger partial charge in [-0.3, -0.25) is 4.79 Å². The normalized spacial score (nSPS) is 32.6. The Morgan fingerprint density at radius 2 is 2.09 bits per heavy atom. The van der Waals surface area contributed by atoms with Gasteiger partial charge in [-0.1, -0.05) is 19.4 Å². The van der Waals surface area contributed by atoms with E-state index in [-0.39, 0.29) is 11.4 Å². The molecule has 1 fully saturated rings. The highest BCUT2D eigenvalue weighted by atomic mass is 16.5. The van der Waals surface area contributed by atoms with E-state index in [1.54, 1.807) is 7.11 Å². The van der Waals surface area contributed by atoms with E-state index in [2.05, 4.69) is 32.0 Å². The lowest BCUT2D eigenvalue weighted by molar-refractivity contribution is -0.160. The molecule has 126 valence electrons. The molecule has 1 saturated carbocycles. The van der Waals surface area contributed by atoms with E-state index in [1.165, 1.54) is 18.2 Å². The number of methoxy groups -OCH3 is 2. The van der Waals surface area contributed by atoms with Gasteiger partial charge in [0.2, 0.25) is 0 Å². The average molecular weight is 316 g/mol. The molecule has 0 N–H and O–H groups in total. The highest BCUT2D eigenvalue weighted by Gasteiger charge is 2.51. The molecular weight excluding hydrogens is 288 g/mol. The molecule has 0 saturated heterocycles. The van der Waals surface area contributed by atoms with Crippen molar-refractivity contribution in [2.45, 2.75) is 51.9 Å². The van der Waals surface area contributed by atoms with Crippen LogP contribution in [0.4, 0.5) is 0 Å². The monoisotopic (exact) mass is 316 g/mol. The fourth-order valence-corrected chi connectivity index (χ4v) is 5.25. The van der Waals surface area contributed by atoms with Gasteiger partial charge in [-0.25, -0.2) is 0 Å². The highest BCUT2D eigenvalue weighted by molar-refractivity contribution is 5.77. The largest absolute Gasteiger partial charge is 0.497 e. The van der Waals surface area contributed by atoms with Gasteiger partial charge in [0, 0.05) is 0 Å². The van der Waals surface area contributed by atoms with Crippen molar-refractivity contribution in [1.82, 2.24) is 0 Å². The van der Waals surface area contributed by atoms with Crippen LogP contribution in [-0.2, 0) is 16.0 Å². The van der Waals surface area contributed by atoms with Crippen molar-refractivity contribution < 1.29 is 14.3 Å². The van der Waals surface area contributed by atoms with Crippen LogP contribution in [0.3, 0.4) is 0 Å². The number of benzene rings is 1. The van der Waals surface area contributed by atoms with Gasteiger partial charge >= 0.3 is 5.97 Å². The zero-order valence-electron chi connectivity index (χ0n) is 14.7. The molecule has 0 aromatic heterocycles. The maximum atomic E-state index is 12.4. The Hall–Kier alpha value is -1.51. The second-order valence-electron chi connectivity index (χ2n) is 7.34. The Labute approximate surface area is 139 Å². The van der Waals surface area contributed by atoms with Gasteiger partial charge in [0.05, 0.1) is 19.6 Å². The predicted octanol–water partition coefficient (Wildman–Crippen LogP) is 4.34. The van der Waals surface area contributed by atoms with Gasteiger partial charge in [0.1, 0.15) is 5.75 Å². The average Bonchev–Trinajstić information content (AvgIpc) is 2.59. The number of carbonyl (C=O) groups excluding carboxylic acids is 1. The van der Waals surface area contributed by atoms with Gasteiger partial charge in [-0.2, -0.15) is 0 Å². The molecule has 23 heavy (non-hydrogen) atoms. The number of carbonyl (C=O) groups is 1. The van der Waals surface area contributed by atoms with Crippen LogP contribution >= 0.6 is 0 Å². The quantitative estimate of drug-likeness (QED) is 0.778. The molecule has 0 bridgehead atoms. The van der Waals surface area contributed by atoms with Gasteiger partial charge < -0.3 is 9.47 Å². The van der Waals surface area contributed by atoms with Crippen LogP contribution in [0.5, 0.6) is 5.75 Å². The van der Waals surface area contributed by atoms with Crippen LogP contribution in [0, 0.1) is 17.3 Å². The molecule has 0 unspecified atom stereocenters. The molecule has 3 nitrogen and oxygen atoms in total. The number of rotatable bonds is 3. The van der Waals surface area contributed by atoms with Crippen molar-refractivity contribution in [3.05, 3.63) is 29.3 Å². The molecule has 0 aliphatic heterocycles. The van der Waals surface area contributed by atoms with Crippen molar-refractivity contribution in [1.29, 1.82) is 0 Å². The van der Waals surface area contributed by atoms with Crippen LogP contribution in [0.25, 0.3) is 0 Å². The molecule has 1 aromatic rings. The van der Waals surface area contributed by atoms with Gasteiger partial charge in [-0.15, -0.1) is 0 Å². The number of fused-ring (bicyclic) bond motifs is 3. The Morgan fingerprint density at radius 3 is 2.74 bits per heavy atom. The predicted molar refractivity (Wildman–Crippen MR) is 90.7 cm³/mol. The van der Waals surface area contributed by atoms with Crippen molar-refractivity contribution >= 4 is 5.97 Å². The number of ether oxygens (including phenoxy) is 2. The van der Waals surface area contributed by atoms with Gasteiger partial charge in [0.15, 0.2) is 0 Å². The zero-order valence-corrected chi connectivity index (χ0v) is 14.7. The summed E-state index contributed by atoms with van der Waals surface area (Å²) in [5.41, 5.74) is 2.59. The summed E-state index contributed by atoms with van der Waals surface area (Å²) in [5.74, 6) is 2.49. The summed E-state index contributed by atoms with van der Waals surface area (Å²) >= 11 is 0. The second kappa shape index (κ2) is 6.18. The maximum Gasteiger partial charge on any atom is 0.311 e. The summed E-state index contributed by atoms with van der Waals surface area (Å²) in [6.45, 7) is 4.34. The second-order valence-corrected chi connectivity index (χ2v) is 7.34. The standard InChI is InChI=1S/C20H28O3/c1-5-18-17-8-6-13-12-14(22-3)7-9-15(13)16(17)10-11-20(18,2)19(21)23-4/h7,9,12,16-18H,5-6,8,10-11H2,1-4H3/t16-,17-,18+,20+/m1/s1. The fourth-order valence-electron chi connectivity index (χ4n) is 5.25. The van der Waals surface area contributed by atoms with Crippen LogP contribution < -0.4 is 4.74 Å². The molecule has 0 spiro atoms. The lowest BCUT2D eigenvalue weighted by Gasteiger charge is -2.50. The van der Waals surface area contributed by atoms with Gasteiger partial charge in [-0.05, 0) is 73.6 Å². The molecule has 0 amide bonds. The molecule has 2 aliphatic rings. The Morgan fingerprint density at radius 1 is 1.30 bits per heavy atom. The van der Waals surface area contributed by atoms with Crippen molar-refractivity contribution in [3.8, 4) is 5.75 Å². The lowest BCUT2D eigenvalue weighted by atomic mass is 9.54. The molecule has 3 rings (SSSR count).